The van der Waals surface area contributed by atoms with Crippen molar-refractivity contribution >= 4 is 29.3 Å². The van der Waals surface area contributed by atoms with Crippen molar-refractivity contribution in [3.63, 3.8) is 0 Å². The molecule has 1 heterocycles. The summed E-state index contributed by atoms with van der Waals surface area (Å²) in [4.78, 5) is 28.5. The molecule has 0 unspecified atom stereocenters. The lowest BCUT2D eigenvalue weighted by Crippen LogP contribution is -2.23. The number of nitrogens with two attached hydrogens (primary N) is 1. The van der Waals surface area contributed by atoms with Crippen molar-refractivity contribution in [2.24, 2.45) is 5.73 Å². The summed E-state index contributed by atoms with van der Waals surface area (Å²) < 4.78 is 5.26. The standard InChI is InChI=1S/C17H19N3O3S/c1-3-23-15-9-8-12(10-19-15)20-17(22)13-6-4-5-7-14(13)24-11(2)16(18)21/h4-11H,3H2,1-2H3,(H2,18,21)(H,20,22)/t11-/m0/s1. The fraction of sp³-hybridized carbons (Fsp3) is 0.235. The summed E-state index contributed by atoms with van der Waals surface area (Å²) in [7, 11) is 0. The van der Waals surface area contributed by atoms with Gasteiger partial charge < -0.3 is 15.8 Å². The number of carbonyl (C=O) groups excluding carboxylic acids is 2. The normalized spacial score (nSPS) is 11.6. The molecule has 2 rings (SSSR count). The molecule has 0 aliphatic heterocycles. The second kappa shape index (κ2) is 8.35. The first-order chi connectivity index (χ1) is 11.5. The van der Waals surface area contributed by atoms with E-state index < -0.39 is 11.2 Å². The fourth-order valence-corrected chi connectivity index (χ4v) is 2.83. The number of hydrogen-bond donors (Lipinski definition) is 2. The van der Waals surface area contributed by atoms with Crippen LogP contribution in [-0.2, 0) is 4.79 Å². The van der Waals surface area contributed by atoms with Gasteiger partial charge in [0.15, 0.2) is 0 Å². The number of nitrogens with zero attached hydrogens (tertiary/aromatic N) is 1. The molecule has 0 radical (unpaired) electrons. The van der Waals surface area contributed by atoms with Crippen LogP contribution in [0.25, 0.3) is 0 Å². The quantitative estimate of drug-likeness (QED) is 0.753. The molecule has 0 fully saturated rings. The second-order valence-corrected chi connectivity index (χ2v) is 6.31. The van der Waals surface area contributed by atoms with Gasteiger partial charge in [0.2, 0.25) is 11.8 Å². The number of benzene rings is 1. The largest absolute Gasteiger partial charge is 0.478 e. The van der Waals surface area contributed by atoms with Crippen LogP contribution in [0.3, 0.4) is 0 Å². The molecule has 1 aromatic carbocycles. The number of ether oxygens (including phenoxy) is 1. The fourth-order valence-electron chi connectivity index (χ4n) is 1.89. The second-order valence-electron chi connectivity index (χ2n) is 4.93. The highest BCUT2D eigenvalue weighted by Gasteiger charge is 2.16. The van der Waals surface area contributed by atoms with E-state index in [1.807, 2.05) is 13.0 Å². The Hall–Kier alpha value is -2.54. The molecule has 126 valence electrons. The first-order valence-electron chi connectivity index (χ1n) is 7.46. The first kappa shape index (κ1) is 17.8. The Balaban J connectivity index is 2.13. The Morgan fingerprint density at radius 2 is 2.04 bits per heavy atom. The number of carbonyl (C=O) groups is 2. The van der Waals surface area contributed by atoms with E-state index in [1.54, 1.807) is 37.3 Å². The molecule has 0 saturated carbocycles. The van der Waals surface area contributed by atoms with E-state index in [0.29, 0.717) is 28.6 Å². The lowest BCUT2D eigenvalue weighted by molar-refractivity contribution is -0.117. The number of nitrogens with one attached hydrogen (secondary N) is 1. The average Bonchev–Trinajstić information content (AvgIpc) is 2.57. The summed E-state index contributed by atoms with van der Waals surface area (Å²) in [6.45, 7) is 4.11. The Morgan fingerprint density at radius 3 is 2.67 bits per heavy atom. The lowest BCUT2D eigenvalue weighted by Gasteiger charge is -2.12. The molecule has 6 nitrogen and oxygen atoms in total. The van der Waals surface area contributed by atoms with Crippen LogP contribution < -0.4 is 15.8 Å². The SMILES string of the molecule is CCOc1ccc(NC(=O)c2ccccc2S[C@@H](C)C(N)=O)cn1. The number of amides is 2. The molecule has 0 spiro atoms. The maximum Gasteiger partial charge on any atom is 0.256 e. The van der Waals surface area contributed by atoms with Gasteiger partial charge in [0.25, 0.3) is 5.91 Å². The topological polar surface area (TPSA) is 94.3 Å². The number of aromatic nitrogens is 1. The van der Waals surface area contributed by atoms with Crippen LogP contribution in [0.2, 0.25) is 0 Å². The van der Waals surface area contributed by atoms with Crippen molar-refractivity contribution in [1.29, 1.82) is 0 Å². The van der Waals surface area contributed by atoms with Crippen molar-refractivity contribution in [1.82, 2.24) is 4.98 Å². The smallest absolute Gasteiger partial charge is 0.256 e. The van der Waals surface area contributed by atoms with Gasteiger partial charge in [-0.15, -0.1) is 11.8 Å². The van der Waals surface area contributed by atoms with Crippen molar-refractivity contribution < 1.29 is 14.3 Å². The van der Waals surface area contributed by atoms with E-state index in [4.69, 9.17) is 10.5 Å². The zero-order valence-electron chi connectivity index (χ0n) is 13.5. The minimum atomic E-state index is -0.425. The molecule has 2 aromatic rings. The van der Waals surface area contributed by atoms with Crippen LogP contribution in [-0.4, -0.2) is 28.7 Å². The molecular formula is C17H19N3O3S. The highest BCUT2D eigenvalue weighted by atomic mass is 32.2. The minimum Gasteiger partial charge on any atom is -0.478 e. The molecule has 3 N–H and O–H groups in total. The van der Waals surface area contributed by atoms with Gasteiger partial charge in [-0.25, -0.2) is 4.98 Å². The zero-order valence-corrected chi connectivity index (χ0v) is 14.3. The van der Waals surface area contributed by atoms with E-state index in [0.717, 1.165) is 0 Å². The van der Waals surface area contributed by atoms with Crippen LogP contribution in [0.1, 0.15) is 24.2 Å². The lowest BCUT2D eigenvalue weighted by atomic mass is 10.2. The highest BCUT2D eigenvalue weighted by Crippen LogP contribution is 2.27. The predicted octanol–water partition coefficient (Wildman–Crippen LogP) is 2.70. The Kier molecular flexibility index (Phi) is 6.20. The molecule has 7 heteroatoms. The Bertz CT molecular complexity index is 719. The van der Waals surface area contributed by atoms with Gasteiger partial charge in [-0.3, -0.25) is 9.59 Å². The van der Waals surface area contributed by atoms with Gasteiger partial charge in [-0.05, 0) is 32.0 Å². The molecule has 0 aliphatic rings. The van der Waals surface area contributed by atoms with Crippen molar-refractivity contribution in [2.45, 2.75) is 24.0 Å². The predicted molar refractivity (Wildman–Crippen MR) is 94.3 cm³/mol. The molecule has 2 amide bonds. The van der Waals surface area contributed by atoms with Gasteiger partial charge in [0.05, 0.1) is 29.3 Å². The highest BCUT2D eigenvalue weighted by molar-refractivity contribution is 8.00. The van der Waals surface area contributed by atoms with E-state index in [2.05, 4.69) is 10.3 Å². The molecule has 24 heavy (non-hydrogen) atoms. The summed E-state index contributed by atoms with van der Waals surface area (Å²) in [5.41, 5.74) is 6.33. The number of thioether (sulfide) groups is 1. The molecule has 1 aromatic heterocycles. The van der Waals surface area contributed by atoms with Crippen molar-refractivity contribution in [3.8, 4) is 5.88 Å². The van der Waals surface area contributed by atoms with Gasteiger partial charge >= 0.3 is 0 Å². The summed E-state index contributed by atoms with van der Waals surface area (Å²) in [5, 5.41) is 2.36. The third-order valence-electron chi connectivity index (χ3n) is 3.12. The third-order valence-corrected chi connectivity index (χ3v) is 4.32. The zero-order chi connectivity index (χ0) is 17.5. The van der Waals surface area contributed by atoms with Gasteiger partial charge in [-0.1, -0.05) is 12.1 Å². The Labute approximate surface area is 144 Å². The monoisotopic (exact) mass is 345 g/mol. The van der Waals surface area contributed by atoms with E-state index in [-0.39, 0.29) is 5.91 Å². The maximum atomic E-state index is 12.5. The van der Waals surface area contributed by atoms with Crippen LogP contribution in [0.15, 0.2) is 47.5 Å². The number of pyridine rings is 1. The van der Waals surface area contributed by atoms with Gasteiger partial charge in [0, 0.05) is 11.0 Å². The van der Waals surface area contributed by atoms with Crippen LogP contribution in [0.4, 0.5) is 5.69 Å². The molecule has 1 atom stereocenters. The minimum absolute atomic E-state index is 0.277. The first-order valence-corrected chi connectivity index (χ1v) is 8.34. The van der Waals surface area contributed by atoms with E-state index >= 15 is 0 Å². The average molecular weight is 345 g/mol. The number of hydrogen-bond acceptors (Lipinski definition) is 5. The summed E-state index contributed by atoms with van der Waals surface area (Å²) in [6.07, 6.45) is 1.53. The van der Waals surface area contributed by atoms with Crippen molar-refractivity contribution in [2.75, 3.05) is 11.9 Å². The van der Waals surface area contributed by atoms with E-state index in [9.17, 15) is 9.59 Å². The van der Waals surface area contributed by atoms with E-state index in [1.165, 1.54) is 18.0 Å². The summed E-state index contributed by atoms with van der Waals surface area (Å²) in [5.74, 6) is -0.201. The summed E-state index contributed by atoms with van der Waals surface area (Å²) >= 11 is 1.26. The van der Waals surface area contributed by atoms with Crippen LogP contribution in [0.5, 0.6) is 5.88 Å². The van der Waals surface area contributed by atoms with Crippen LogP contribution in [0, 0.1) is 0 Å². The molecule has 0 bridgehead atoms. The molecule has 0 aliphatic carbocycles. The van der Waals surface area contributed by atoms with Crippen LogP contribution >= 0.6 is 11.8 Å². The third kappa shape index (κ3) is 4.73. The van der Waals surface area contributed by atoms with Gasteiger partial charge in [-0.2, -0.15) is 0 Å². The number of rotatable bonds is 7. The number of primary amides is 1. The molecular weight excluding hydrogens is 326 g/mol. The molecule has 0 saturated heterocycles. The maximum absolute atomic E-state index is 12.5. The van der Waals surface area contributed by atoms with Crippen molar-refractivity contribution in [3.05, 3.63) is 48.2 Å². The van der Waals surface area contributed by atoms with Gasteiger partial charge in [0.1, 0.15) is 0 Å². The summed E-state index contributed by atoms with van der Waals surface area (Å²) in [6, 6.07) is 10.5. The Morgan fingerprint density at radius 1 is 1.29 bits per heavy atom. The number of anilines is 1.